The van der Waals surface area contributed by atoms with E-state index in [4.69, 9.17) is 4.43 Å². The highest BCUT2D eigenvalue weighted by molar-refractivity contribution is 6.99. The number of hydrogen-bond donors (Lipinski definition) is 3. The second kappa shape index (κ2) is 18.9. The number of benzene rings is 2. The number of allylic oxidation sites excluding steroid dienone is 1. The van der Waals surface area contributed by atoms with Crippen LogP contribution in [-0.4, -0.2) is 78.9 Å². The monoisotopic (exact) mass is 784 g/mol. The van der Waals surface area contributed by atoms with Gasteiger partial charge in [-0.15, -0.1) is 0 Å². The molecule has 10 nitrogen and oxygen atoms in total. The van der Waals surface area contributed by atoms with Gasteiger partial charge >= 0.3 is 0 Å². The van der Waals surface area contributed by atoms with E-state index in [9.17, 15) is 24.0 Å². The van der Waals surface area contributed by atoms with Crippen LogP contribution in [0.25, 0.3) is 0 Å². The molecule has 0 radical (unpaired) electrons. The van der Waals surface area contributed by atoms with Gasteiger partial charge in [0.1, 0.15) is 29.8 Å². The van der Waals surface area contributed by atoms with Gasteiger partial charge in [-0.25, -0.2) is 0 Å². The molecule has 0 spiro atoms. The van der Waals surface area contributed by atoms with Gasteiger partial charge in [-0.1, -0.05) is 127 Å². The van der Waals surface area contributed by atoms with Crippen LogP contribution in [0.1, 0.15) is 119 Å². The van der Waals surface area contributed by atoms with Crippen LogP contribution in [0.3, 0.4) is 0 Å². The SMILES string of the molecule is CC[C@]1(C)NC(=O)[C@H](CCCC=CC(=O)[C@@H](C)O[Si](c2ccccc2)(c2ccccc2)C(C)(C)C)NC(=O)[C@H]2CCCN2C(=O)[C@H](CC2CCCCC2)NC1=O. The van der Waals surface area contributed by atoms with Gasteiger partial charge in [-0.2, -0.15) is 0 Å². The first-order valence-electron chi connectivity index (χ1n) is 20.9. The van der Waals surface area contributed by atoms with Crippen LogP contribution in [0.2, 0.25) is 5.04 Å². The Morgan fingerprint density at radius 1 is 0.893 bits per heavy atom. The molecule has 5 rings (SSSR count). The summed E-state index contributed by atoms with van der Waals surface area (Å²) in [7, 11) is -2.93. The molecule has 11 heteroatoms. The Morgan fingerprint density at radius 2 is 1.52 bits per heavy atom. The molecule has 2 saturated heterocycles. The van der Waals surface area contributed by atoms with Crippen LogP contribution < -0.4 is 26.3 Å². The lowest BCUT2D eigenvalue weighted by Crippen LogP contribution is -2.68. The lowest BCUT2D eigenvalue weighted by molar-refractivity contribution is -0.145. The van der Waals surface area contributed by atoms with E-state index in [1.54, 1.807) is 24.0 Å². The van der Waals surface area contributed by atoms with Gasteiger partial charge < -0.3 is 25.3 Å². The lowest BCUT2D eigenvalue weighted by Gasteiger charge is -2.44. The van der Waals surface area contributed by atoms with E-state index in [1.165, 1.54) is 6.42 Å². The number of ketones is 1. The maximum absolute atomic E-state index is 14.1. The van der Waals surface area contributed by atoms with Crippen molar-refractivity contribution in [3.8, 4) is 0 Å². The Balaban J connectivity index is 1.27. The second-order valence-corrected chi connectivity index (χ2v) is 21.6. The third-order valence-electron chi connectivity index (χ3n) is 12.3. The highest BCUT2D eigenvalue weighted by Gasteiger charge is 2.51. The summed E-state index contributed by atoms with van der Waals surface area (Å²) in [5.41, 5.74) is -1.28. The highest BCUT2D eigenvalue weighted by atomic mass is 28.4. The molecule has 2 aromatic carbocycles. The van der Waals surface area contributed by atoms with Gasteiger partial charge in [0, 0.05) is 6.54 Å². The van der Waals surface area contributed by atoms with Gasteiger partial charge in [-0.05, 0) is 86.2 Å². The van der Waals surface area contributed by atoms with Crippen LogP contribution in [0.15, 0.2) is 72.8 Å². The Bertz CT molecular complexity index is 1670. The summed E-state index contributed by atoms with van der Waals surface area (Å²) in [5.74, 6) is -1.21. The zero-order chi connectivity index (χ0) is 40.5. The Morgan fingerprint density at radius 3 is 2.11 bits per heavy atom. The smallest absolute Gasteiger partial charge is 0.262 e. The number of carbonyl (C=O) groups excluding carboxylic acids is 5. The van der Waals surface area contributed by atoms with E-state index in [-0.39, 0.29) is 35.0 Å². The molecule has 2 aromatic rings. The molecule has 5 atom stereocenters. The molecule has 0 aromatic heterocycles. The van der Waals surface area contributed by atoms with Gasteiger partial charge in [0.05, 0.1) is 0 Å². The van der Waals surface area contributed by atoms with Crippen molar-refractivity contribution < 1.29 is 28.4 Å². The second-order valence-electron chi connectivity index (χ2n) is 17.4. The van der Waals surface area contributed by atoms with Crippen molar-refractivity contribution in [3.05, 3.63) is 72.8 Å². The zero-order valence-corrected chi connectivity index (χ0v) is 35.4. The minimum atomic E-state index is -2.93. The number of nitrogens with zero attached hydrogens (tertiary/aromatic N) is 1. The van der Waals surface area contributed by atoms with Crippen molar-refractivity contribution in [3.63, 3.8) is 0 Å². The number of carbonyl (C=O) groups is 5. The van der Waals surface area contributed by atoms with E-state index in [1.807, 2.05) is 50.2 Å². The molecule has 56 heavy (non-hydrogen) atoms. The average Bonchev–Trinajstić information content (AvgIpc) is 3.69. The molecular formula is C45H64N4O6Si. The number of rotatable bonds is 13. The summed E-state index contributed by atoms with van der Waals surface area (Å²) in [5, 5.41) is 10.8. The van der Waals surface area contributed by atoms with Crippen molar-refractivity contribution in [2.75, 3.05) is 6.54 Å². The van der Waals surface area contributed by atoms with Crippen LogP contribution in [-0.2, 0) is 28.4 Å². The van der Waals surface area contributed by atoms with Crippen molar-refractivity contribution >= 4 is 48.1 Å². The Labute approximate surface area is 335 Å². The number of fused-ring (bicyclic) bond motifs is 1. The molecule has 3 fully saturated rings. The van der Waals surface area contributed by atoms with Crippen molar-refractivity contribution in [1.29, 1.82) is 0 Å². The topological polar surface area (TPSA) is 134 Å². The normalized spacial score (nSPS) is 25.1. The van der Waals surface area contributed by atoms with Crippen LogP contribution in [0.5, 0.6) is 0 Å². The quantitative estimate of drug-likeness (QED) is 0.140. The Hall–Kier alpha value is -4.09. The molecule has 4 amide bonds. The van der Waals surface area contributed by atoms with Crippen LogP contribution in [0, 0.1) is 5.92 Å². The van der Waals surface area contributed by atoms with Gasteiger partial charge in [0.15, 0.2) is 5.78 Å². The minimum Gasteiger partial charge on any atom is -0.397 e. The standard InChI is InChI=1S/C45H64N4O6Si/c1-7-45(6)43(54)47-37(31-33-21-12-8-13-22-33)42(53)49-30-20-28-38(49)41(52)46-36(40(51)48-45)27-18-11-19-29-39(50)32(2)55-56(44(3,4)5,34-23-14-9-15-24-34)35-25-16-10-17-26-35/h9-10,14-17,19,23-26,29,32-33,36-38H,7-8,11-13,18,20-22,27-28,30-31H2,1-6H3,(H,46,52)(H,47,54)(H,48,51)/t32-,36+,37+,38-,45+/m1/s1. The predicted octanol–water partition coefficient (Wildman–Crippen LogP) is 5.48. The third-order valence-corrected chi connectivity index (χ3v) is 17.4. The van der Waals surface area contributed by atoms with Crippen LogP contribution in [0.4, 0.5) is 0 Å². The largest absolute Gasteiger partial charge is 0.397 e. The van der Waals surface area contributed by atoms with Crippen LogP contribution >= 0.6 is 0 Å². The molecular weight excluding hydrogens is 721 g/mol. The van der Waals surface area contributed by atoms with Crippen molar-refractivity contribution in [2.24, 2.45) is 5.92 Å². The predicted molar refractivity (Wildman–Crippen MR) is 223 cm³/mol. The number of hydrogen-bond acceptors (Lipinski definition) is 6. The van der Waals surface area contributed by atoms with Gasteiger partial charge in [-0.3, -0.25) is 24.0 Å². The number of amides is 4. The summed E-state index contributed by atoms with van der Waals surface area (Å²) >= 11 is 0. The summed E-state index contributed by atoms with van der Waals surface area (Å²) in [6, 6.07) is 18.1. The van der Waals surface area contributed by atoms with E-state index in [0.717, 1.165) is 36.1 Å². The van der Waals surface area contributed by atoms with E-state index < -0.39 is 44.0 Å². The van der Waals surface area contributed by atoms with Gasteiger partial charge in [0.25, 0.3) is 8.32 Å². The first-order valence-corrected chi connectivity index (χ1v) is 22.8. The number of nitrogens with one attached hydrogen (secondary N) is 3. The average molecular weight is 785 g/mol. The van der Waals surface area contributed by atoms with Crippen molar-refractivity contribution in [1.82, 2.24) is 20.9 Å². The fourth-order valence-electron chi connectivity index (χ4n) is 8.79. The summed E-state index contributed by atoms with van der Waals surface area (Å²) in [6.07, 6.45) is 11.4. The molecule has 3 N–H and O–H groups in total. The highest BCUT2D eigenvalue weighted by Crippen LogP contribution is 2.37. The molecule has 304 valence electrons. The fraction of sp³-hybridized carbons (Fsp3) is 0.578. The van der Waals surface area contributed by atoms with Crippen molar-refractivity contribution in [2.45, 2.75) is 153 Å². The first kappa shape index (κ1) is 43.0. The number of unbranched alkanes of at least 4 members (excludes halogenated alkanes) is 1. The minimum absolute atomic E-state index is 0.146. The third kappa shape index (κ3) is 9.88. The molecule has 0 unspecified atom stereocenters. The Kier molecular flexibility index (Phi) is 14.5. The van der Waals surface area contributed by atoms with E-state index >= 15 is 0 Å². The first-order chi connectivity index (χ1) is 26.7. The zero-order valence-electron chi connectivity index (χ0n) is 34.4. The molecule has 1 saturated carbocycles. The summed E-state index contributed by atoms with van der Waals surface area (Å²) in [6.45, 7) is 12.3. The maximum Gasteiger partial charge on any atom is 0.262 e. The maximum atomic E-state index is 14.1. The molecule has 0 bridgehead atoms. The van der Waals surface area contributed by atoms with E-state index in [0.29, 0.717) is 51.0 Å². The lowest BCUT2D eigenvalue weighted by atomic mass is 9.84. The summed E-state index contributed by atoms with van der Waals surface area (Å²) in [4.78, 5) is 70.9. The molecule has 2 heterocycles. The van der Waals surface area contributed by atoms with Gasteiger partial charge in [0.2, 0.25) is 23.6 Å². The van der Waals surface area contributed by atoms with E-state index in [2.05, 4.69) is 61.0 Å². The summed E-state index contributed by atoms with van der Waals surface area (Å²) < 4.78 is 6.98. The molecule has 3 aliphatic rings. The molecule has 2 aliphatic heterocycles. The molecule has 1 aliphatic carbocycles. The fourth-order valence-corrected chi connectivity index (χ4v) is 13.5.